The van der Waals surface area contributed by atoms with E-state index >= 15 is 0 Å². The number of hydrogen-bond acceptors (Lipinski definition) is 4. The van der Waals surface area contributed by atoms with E-state index in [0.717, 1.165) is 27.8 Å². The van der Waals surface area contributed by atoms with Crippen LogP contribution in [0.5, 0.6) is 5.88 Å². The first kappa shape index (κ1) is 14.2. The number of methoxy groups -OCH3 is 1. The van der Waals surface area contributed by atoms with E-state index in [4.69, 9.17) is 4.74 Å². The first-order chi connectivity index (χ1) is 11.8. The summed E-state index contributed by atoms with van der Waals surface area (Å²) in [7, 11) is 1.60. The smallest absolute Gasteiger partial charge is 0.247 e. The Bertz CT molecular complexity index is 1060. The Balaban J connectivity index is 1.99. The molecule has 118 valence electrons. The van der Waals surface area contributed by atoms with Crippen molar-refractivity contribution >= 4 is 5.52 Å². The van der Waals surface area contributed by atoms with Crippen molar-refractivity contribution in [2.75, 3.05) is 7.11 Å². The van der Waals surface area contributed by atoms with Crippen molar-refractivity contribution in [1.82, 2.24) is 19.4 Å². The van der Waals surface area contributed by atoms with Crippen molar-refractivity contribution in [3.8, 4) is 28.1 Å². The number of pyridine rings is 3. The lowest BCUT2D eigenvalue weighted by Gasteiger charge is -2.11. The van der Waals surface area contributed by atoms with Crippen LogP contribution in [0.1, 0.15) is 0 Å². The number of H-pyrrole nitrogens is 1. The second-order valence-corrected chi connectivity index (χ2v) is 5.33. The normalized spacial score (nSPS) is 10.9. The molecule has 0 aliphatic heterocycles. The summed E-state index contributed by atoms with van der Waals surface area (Å²) in [4.78, 5) is 22.5. The molecule has 0 aliphatic carbocycles. The maximum Gasteiger partial charge on any atom is 0.247 e. The van der Waals surface area contributed by atoms with Gasteiger partial charge in [-0.3, -0.25) is 4.79 Å². The Labute approximate surface area is 137 Å². The van der Waals surface area contributed by atoms with Gasteiger partial charge in [0.2, 0.25) is 11.4 Å². The number of nitrogens with one attached hydrogen (secondary N) is 1. The molecule has 0 spiro atoms. The molecule has 6 nitrogen and oxygen atoms in total. The summed E-state index contributed by atoms with van der Waals surface area (Å²) in [6, 6.07) is 9.19. The highest BCUT2D eigenvalue weighted by Gasteiger charge is 2.12. The summed E-state index contributed by atoms with van der Waals surface area (Å²) in [6.45, 7) is 0. The zero-order valence-electron chi connectivity index (χ0n) is 12.9. The summed E-state index contributed by atoms with van der Waals surface area (Å²) < 4.78 is 7.32. The average molecular weight is 318 g/mol. The molecule has 4 heterocycles. The fraction of sp³-hybridized carbons (Fsp3) is 0.0556. The Hall–Kier alpha value is -3.41. The minimum atomic E-state index is -0.131. The van der Waals surface area contributed by atoms with Crippen molar-refractivity contribution in [2.24, 2.45) is 0 Å². The SMILES string of the molecule is COc1ncccc1-c1cc(-c2ccc(=O)[nH]c2)c2cncn2c1. The van der Waals surface area contributed by atoms with Crippen molar-refractivity contribution in [2.45, 2.75) is 0 Å². The molecule has 0 fully saturated rings. The maximum absolute atomic E-state index is 11.3. The molecular weight excluding hydrogens is 304 g/mol. The van der Waals surface area contributed by atoms with Crippen LogP contribution in [0.4, 0.5) is 0 Å². The fourth-order valence-corrected chi connectivity index (χ4v) is 2.76. The van der Waals surface area contributed by atoms with Gasteiger partial charge in [0.25, 0.3) is 0 Å². The van der Waals surface area contributed by atoms with Gasteiger partial charge in [-0.25, -0.2) is 9.97 Å². The summed E-state index contributed by atoms with van der Waals surface area (Å²) in [5, 5.41) is 0. The minimum Gasteiger partial charge on any atom is -0.481 e. The lowest BCUT2D eigenvalue weighted by Crippen LogP contribution is -2.02. The van der Waals surface area contributed by atoms with Crippen LogP contribution in [0.3, 0.4) is 0 Å². The highest BCUT2D eigenvalue weighted by atomic mass is 16.5. The molecule has 0 aliphatic rings. The first-order valence-corrected chi connectivity index (χ1v) is 7.40. The number of aromatic amines is 1. The van der Waals surface area contributed by atoms with Crippen molar-refractivity contribution in [3.63, 3.8) is 0 Å². The molecule has 0 bridgehead atoms. The number of nitrogens with zero attached hydrogens (tertiary/aromatic N) is 3. The van der Waals surface area contributed by atoms with Crippen LogP contribution in [0.25, 0.3) is 27.8 Å². The van der Waals surface area contributed by atoms with E-state index in [1.165, 1.54) is 6.07 Å². The molecule has 6 heteroatoms. The summed E-state index contributed by atoms with van der Waals surface area (Å²) in [6.07, 6.45) is 8.93. The Kier molecular flexibility index (Phi) is 3.35. The van der Waals surface area contributed by atoms with Gasteiger partial charge < -0.3 is 14.1 Å². The van der Waals surface area contributed by atoms with Gasteiger partial charge in [-0.15, -0.1) is 0 Å². The van der Waals surface area contributed by atoms with Crippen LogP contribution < -0.4 is 10.3 Å². The van der Waals surface area contributed by atoms with Crippen LogP contribution in [0.2, 0.25) is 0 Å². The van der Waals surface area contributed by atoms with E-state index in [0.29, 0.717) is 5.88 Å². The highest BCUT2D eigenvalue weighted by molar-refractivity contribution is 5.84. The number of aromatic nitrogens is 4. The van der Waals surface area contributed by atoms with Crippen molar-refractivity contribution in [1.29, 1.82) is 0 Å². The average Bonchev–Trinajstić information content (AvgIpc) is 3.10. The number of imidazole rings is 1. The molecule has 24 heavy (non-hydrogen) atoms. The number of ether oxygens (including phenoxy) is 1. The molecule has 4 rings (SSSR count). The topological polar surface area (TPSA) is 72.3 Å². The van der Waals surface area contributed by atoms with Gasteiger partial charge in [0.1, 0.15) is 0 Å². The Morgan fingerprint density at radius 2 is 2.08 bits per heavy atom. The third-order valence-corrected chi connectivity index (χ3v) is 3.89. The maximum atomic E-state index is 11.3. The van der Waals surface area contributed by atoms with Crippen LogP contribution in [-0.4, -0.2) is 26.5 Å². The minimum absolute atomic E-state index is 0.131. The van der Waals surface area contributed by atoms with Gasteiger partial charge in [0.05, 0.1) is 25.2 Å². The molecule has 0 unspecified atom stereocenters. The van der Waals surface area contributed by atoms with Crippen molar-refractivity contribution < 1.29 is 4.74 Å². The summed E-state index contributed by atoms with van der Waals surface area (Å²) >= 11 is 0. The van der Waals surface area contributed by atoms with Gasteiger partial charge in [-0.1, -0.05) is 0 Å². The predicted octanol–water partition coefficient (Wildman–Crippen LogP) is 2.76. The van der Waals surface area contributed by atoms with Crippen molar-refractivity contribution in [3.05, 3.63) is 71.8 Å². The van der Waals surface area contributed by atoms with Gasteiger partial charge >= 0.3 is 0 Å². The standard InChI is InChI=1S/C18H14N4O2/c1-24-18-14(3-2-6-20-18)13-7-15(12-4-5-17(23)21-8-12)16-9-19-11-22(16)10-13/h2-11H,1H3,(H,21,23). The molecule has 0 atom stereocenters. The largest absolute Gasteiger partial charge is 0.481 e. The quantitative estimate of drug-likeness (QED) is 0.630. The third kappa shape index (κ3) is 2.34. The molecule has 1 N–H and O–H groups in total. The molecule has 0 saturated heterocycles. The van der Waals surface area contributed by atoms with E-state index < -0.39 is 0 Å². The van der Waals surface area contributed by atoms with Gasteiger partial charge in [0.15, 0.2) is 0 Å². The second-order valence-electron chi connectivity index (χ2n) is 5.33. The molecule has 0 radical (unpaired) electrons. The molecule has 0 saturated carbocycles. The van der Waals surface area contributed by atoms with E-state index in [9.17, 15) is 4.79 Å². The van der Waals surface area contributed by atoms with Crippen LogP contribution >= 0.6 is 0 Å². The Morgan fingerprint density at radius 3 is 2.88 bits per heavy atom. The molecule has 4 aromatic rings. The third-order valence-electron chi connectivity index (χ3n) is 3.89. The number of fused-ring (bicyclic) bond motifs is 1. The second kappa shape index (κ2) is 5.66. The Morgan fingerprint density at radius 1 is 1.17 bits per heavy atom. The van der Waals surface area contributed by atoms with Crippen LogP contribution in [0, 0.1) is 0 Å². The number of hydrogen-bond donors (Lipinski definition) is 1. The predicted molar refractivity (Wildman–Crippen MR) is 91.0 cm³/mol. The zero-order chi connectivity index (χ0) is 16.5. The van der Waals surface area contributed by atoms with E-state index in [2.05, 4.69) is 15.0 Å². The van der Waals surface area contributed by atoms with Gasteiger partial charge in [0, 0.05) is 46.9 Å². The zero-order valence-corrected chi connectivity index (χ0v) is 12.9. The lowest BCUT2D eigenvalue weighted by atomic mass is 10.0. The molecule has 4 aromatic heterocycles. The van der Waals surface area contributed by atoms with E-state index in [1.807, 2.05) is 28.8 Å². The van der Waals surface area contributed by atoms with Crippen LogP contribution in [-0.2, 0) is 0 Å². The highest BCUT2D eigenvalue weighted by Crippen LogP contribution is 2.33. The summed E-state index contributed by atoms with van der Waals surface area (Å²) in [5.41, 5.74) is 4.53. The molecule has 0 amide bonds. The summed E-state index contributed by atoms with van der Waals surface area (Å²) in [5.74, 6) is 0.560. The van der Waals surface area contributed by atoms with Crippen LogP contribution in [0.15, 0.2) is 66.2 Å². The molecule has 0 aromatic carbocycles. The van der Waals surface area contributed by atoms with E-state index in [-0.39, 0.29) is 5.56 Å². The van der Waals surface area contributed by atoms with Gasteiger partial charge in [-0.2, -0.15) is 0 Å². The molecular formula is C18H14N4O2. The van der Waals surface area contributed by atoms with E-state index in [1.54, 1.807) is 38.1 Å². The monoisotopic (exact) mass is 318 g/mol. The first-order valence-electron chi connectivity index (χ1n) is 7.40. The number of rotatable bonds is 3. The fourth-order valence-electron chi connectivity index (χ4n) is 2.76. The van der Waals surface area contributed by atoms with Gasteiger partial charge in [-0.05, 0) is 24.3 Å². The lowest BCUT2D eigenvalue weighted by molar-refractivity contribution is 0.399.